The normalized spacial score (nSPS) is 16.6. The molecule has 2 aromatic carbocycles. The topological polar surface area (TPSA) is 113 Å². The Morgan fingerprint density at radius 3 is 2.49 bits per heavy atom. The van der Waals surface area contributed by atoms with Gasteiger partial charge in [0.1, 0.15) is 11.5 Å². The monoisotopic (exact) mass is 499 g/mol. The third kappa shape index (κ3) is 5.10. The number of amides is 2. The maximum Gasteiger partial charge on any atom is 0.273 e. The fourth-order valence-corrected chi connectivity index (χ4v) is 5.54. The van der Waals surface area contributed by atoms with E-state index in [-0.39, 0.29) is 22.7 Å². The van der Waals surface area contributed by atoms with Crippen LogP contribution in [0.25, 0.3) is 5.69 Å². The number of rotatable bonds is 5. The number of aromatic nitrogens is 2. The summed E-state index contributed by atoms with van der Waals surface area (Å²) in [7, 11) is -3.73. The highest BCUT2D eigenvalue weighted by atomic mass is 32.2. The second kappa shape index (κ2) is 9.96. The predicted octanol–water partition coefficient (Wildman–Crippen LogP) is 2.49. The molecule has 3 aromatic rings. The fraction of sp³-hybridized carbons (Fsp3) is 0.292. The van der Waals surface area contributed by atoms with Crippen molar-refractivity contribution >= 4 is 21.8 Å². The molecule has 184 valence electrons. The lowest BCUT2D eigenvalue weighted by Gasteiger charge is -2.31. The van der Waals surface area contributed by atoms with Crippen LogP contribution in [0.1, 0.15) is 34.5 Å². The Morgan fingerprint density at radius 2 is 1.77 bits per heavy atom. The maximum absolute atomic E-state index is 14.1. The lowest BCUT2D eigenvalue weighted by atomic mass is 9.99. The lowest BCUT2D eigenvalue weighted by Crippen LogP contribution is -2.50. The van der Waals surface area contributed by atoms with Crippen LogP contribution in [0.4, 0.5) is 4.39 Å². The van der Waals surface area contributed by atoms with Crippen molar-refractivity contribution in [2.45, 2.75) is 31.6 Å². The smallest absolute Gasteiger partial charge is 0.273 e. The lowest BCUT2D eigenvalue weighted by molar-refractivity contribution is -0.126. The Morgan fingerprint density at radius 1 is 1.06 bits per heavy atom. The minimum absolute atomic E-state index is 0.0160. The van der Waals surface area contributed by atoms with Crippen LogP contribution in [0, 0.1) is 25.6 Å². The number of hydrogen-bond donors (Lipinski definition) is 2. The van der Waals surface area contributed by atoms with Crippen LogP contribution in [-0.4, -0.2) is 47.4 Å². The molecule has 11 heteroatoms. The molecule has 1 aromatic heterocycles. The van der Waals surface area contributed by atoms with Crippen LogP contribution >= 0.6 is 0 Å². The van der Waals surface area contributed by atoms with E-state index >= 15 is 0 Å². The van der Waals surface area contributed by atoms with E-state index in [0.717, 1.165) is 5.56 Å². The van der Waals surface area contributed by atoms with E-state index in [0.29, 0.717) is 25.1 Å². The summed E-state index contributed by atoms with van der Waals surface area (Å²) in [5, 5.41) is 4.09. The van der Waals surface area contributed by atoms with Crippen molar-refractivity contribution in [3.05, 3.63) is 77.4 Å². The second-order valence-corrected chi connectivity index (χ2v) is 10.4. The van der Waals surface area contributed by atoms with Crippen molar-refractivity contribution in [1.29, 1.82) is 0 Å². The van der Waals surface area contributed by atoms with Crippen molar-refractivity contribution in [2.24, 2.45) is 5.92 Å². The van der Waals surface area contributed by atoms with Crippen LogP contribution < -0.4 is 10.9 Å². The highest BCUT2D eigenvalue weighted by molar-refractivity contribution is 7.89. The standard InChI is InChI=1S/C24H26FN5O4S/c1-16-9-11-19(12-10-16)35(33,34)29-13-5-6-18(15-29)23(31)27-28-24(32)20-14-26-30(17(20)2)22-8-4-3-7-21(22)25/h3-4,7-12,14,18H,5-6,13,15H2,1-2H3,(H,27,31)(H,28,32). The van der Waals surface area contributed by atoms with Crippen molar-refractivity contribution in [3.63, 3.8) is 0 Å². The zero-order chi connectivity index (χ0) is 25.2. The Bertz CT molecular complexity index is 1350. The Kier molecular flexibility index (Phi) is 6.99. The quantitative estimate of drug-likeness (QED) is 0.524. The summed E-state index contributed by atoms with van der Waals surface area (Å²) < 4.78 is 42.7. The molecule has 0 saturated carbocycles. The number of aryl methyl sites for hydroxylation is 1. The highest BCUT2D eigenvalue weighted by Gasteiger charge is 2.33. The van der Waals surface area contributed by atoms with Gasteiger partial charge in [0.05, 0.1) is 28.3 Å². The van der Waals surface area contributed by atoms with Crippen LogP contribution in [0.2, 0.25) is 0 Å². The van der Waals surface area contributed by atoms with E-state index in [1.54, 1.807) is 43.3 Å². The minimum Gasteiger partial charge on any atom is -0.273 e. The van der Waals surface area contributed by atoms with E-state index in [2.05, 4.69) is 16.0 Å². The summed E-state index contributed by atoms with van der Waals surface area (Å²) in [6.45, 7) is 3.83. The number of hydrogen-bond acceptors (Lipinski definition) is 5. The number of nitrogens with zero attached hydrogens (tertiary/aromatic N) is 3. The molecule has 1 saturated heterocycles. The number of carbonyl (C=O) groups is 2. The van der Waals surface area contributed by atoms with Gasteiger partial charge in [0.25, 0.3) is 5.91 Å². The first-order valence-corrected chi connectivity index (χ1v) is 12.6. The Labute approximate surface area is 203 Å². The molecule has 0 spiro atoms. The highest BCUT2D eigenvalue weighted by Crippen LogP contribution is 2.24. The summed E-state index contributed by atoms with van der Waals surface area (Å²) in [5.74, 6) is -2.20. The van der Waals surface area contributed by atoms with Crippen molar-refractivity contribution < 1.29 is 22.4 Å². The van der Waals surface area contributed by atoms with Crippen LogP contribution in [0.15, 0.2) is 59.6 Å². The minimum atomic E-state index is -3.73. The van der Waals surface area contributed by atoms with Gasteiger partial charge in [-0.25, -0.2) is 17.5 Å². The first-order chi connectivity index (χ1) is 16.7. The molecule has 1 atom stereocenters. The first-order valence-electron chi connectivity index (χ1n) is 11.1. The number of nitrogens with one attached hydrogen (secondary N) is 2. The second-order valence-electron chi connectivity index (χ2n) is 8.47. The molecule has 2 heterocycles. The van der Waals surface area contributed by atoms with Gasteiger partial charge in [0.15, 0.2) is 0 Å². The summed E-state index contributed by atoms with van der Waals surface area (Å²) in [4.78, 5) is 25.5. The molecule has 2 N–H and O–H groups in total. The van der Waals surface area contributed by atoms with Crippen LogP contribution in [0.5, 0.6) is 0 Å². The van der Waals surface area contributed by atoms with Gasteiger partial charge in [-0.2, -0.15) is 9.40 Å². The summed E-state index contributed by atoms with van der Waals surface area (Å²) >= 11 is 0. The fourth-order valence-electron chi connectivity index (χ4n) is 4.02. The van der Waals surface area contributed by atoms with E-state index < -0.39 is 33.6 Å². The molecule has 0 bridgehead atoms. The number of piperidine rings is 1. The number of benzene rings is 2. The van der Waals surface area contributed by atoms with Gasteiger partial charge in [0, 0.05) is 13.1 Å². The molecule has 1 unspecified atom stereocenters. The zero-order valence-corrected chi connectivity index (χ0v) is 20.2. The number of hydrazine groups is 1. The Balaban J connectivity index is 1.39. The number of sulfonamides is 1. The molecule has 35 heavy (non-hydrogen) atoms. The predicted molar refractivity (Wildman–Crippen MR) is 127 cm³/mol. The first kappa shape index (κ1) is 24.6. The molecular weight excluding hydrogens is 473 g/mol. The van der Waals surface area contributed by atoms with E-state index in [1.165, 1.54) is 27.3 Å². The van der Waals surface area contributed by atoms with Gasteiger partial charge >= 0.3 is 0 Å². The van der Waals surface area contributed by atoms with Gasteiger partial charge in [-0.1, -0.05) is 29.8 Å². The van der Waals surface area contributed by atoms with Gasteiger partial charge in [-0.3, -0.25) is 20.4 Å². The molecule has 2 amide bonds. The SMILES string of the molecule is Cc1ccc(S(=O)(=O)N2CCCC(C(=O)NNC(=O)c3cnn(-c4ccccc4F)c3C)C2)cc1. The summed E-state index contributed by atoms with van der Waals surface area (Å²) in [6, 6.07) is 12.6. The molecule has 1 fully saturated rings. The summed E-state index contributed by atoms with van der Waals surface area (Å²) in [6.07, 6.45) is 2.30. The van der Waals surface area contributed by atoms with Gasteiger partial charge < -0.3 is 0 Å². The van der Waals surface area contributed by atoms with Gasteiger partial charge in [0.2, 0.25) is 15.9 Å². The number of para-hydroxylation sites is 1. The van der Waals surface area contributed by atoms with E-state index in [1.807, 2.05) is 6.92 Å². The average molecular weight is 500 g/mol. The third-order valence-corrected chi connectivity index (χ3v) is 7.93. The maximum atomic E-state index is 14.1. The molecule has 1 aliphatic rings. The molecule has 4 rings (SSSR count). The average Bonchev–Trinajstić information content (AvgIpc) is 3.24. The molecule has 0 aliphatic carbocycles. The van der Waals surface area contributed by atoms with Crippen molar-refractivity contribution in [1.82, 2.24) is 24.9 Å². The van der Waals surface area contributed by atoms with Crippen molar-refractivity contribution in [3.8, 4) is 5.69 Å². The number of halogens is 1. The largest absolute Gasteiger partial charge is 0.273 e. The molecule has 1 aliphatic heterocycles. The van der Waals surface area contributed by atoms with E-state index in [4.69, 9.17) is 0 Å². The molecule has 9 nitrogen and oxygen atoms in total. The Hall–Kier alpha value is -3.57. The van der Waals surface area contributed by atoms with E-state index in [9.17, 15) is 22.4 Å². The third-order valence-electron chi connectivity index (χ3n) is 6.05. The molecule has 0 radical (unpaired) electrons. The number of carbonyl (C=O) groups excluding carboxylic acids is 2. The van der Waals surface area contributed by atoms with Crippen LogP contribution in [0.3, 0.4) is 0 Å². The van der Waals surface area contributed by atoms with Crippen LogP contribution in [-0.2, 0) is 14.8 Å². The summed E-state index contributed by atoms with van der Waals surface area (Å²) in [5.41, 5.74) is 6.45. The molecular formula is C24H26FN5O4S. The van der Waals surface area contributed by atoms with Crippen molar-refractivity contribution in [2.75, 3.05) is 13.1 Å². The van der Waals surface area contributed by atoms with Gasteiger partial charge in [-0.15, -0.1) is 0 Å². The zero-order valence-electron chi connectivity index (χ0n) is 19.4. The van der Waals surface area contributed by atoms with Gasteiger partial charge in [-0.05, 0) is 51.0 Å².